The molecule has 22 heavy (non-hydrogen) atoms. The lowest BCUT2D eigenvalue weighted by Crippen LogP contribution is -2.06. The van der Waals surface area contributed by atoms with Crippen molar-refractivity contribution < 1.29 is 14.3 Å². The summed E-state index contributed by atoms with van der Waals surface area (Å²) in [6, 6.07) is 8.32. The number of pyridine rings is 1. The van der Waals surface area contributed by atoms with Crippen molar-refractivity contribution in [1.82, 2.24) is 4.98 Å². The van der Waals surface area contributed by atoms with Crippen LogP contribution in [0.4, 0.5) is 5.69 Å². The number of allylic oxidation sites excluding steroid dienone is 1. The van der Waals surface area contributed by atoms with Gasteiger partial charge in [-0.05, 0) is 24.3 Å². The first-order valence-electron chi connectivity index (χ1n) is 6.46. The van der Waals surface area contributed by atoms with E-state index in [0.29, 0.717) is 27.7 Å². The topological polar surface area (TPSA) is 68.3 Å². The maximum absolute atomic E-state index is 12.3. The predicted octanol–water partition coefficient (Wildman–Crippen LogP) is 2.96. The minimum absolute atomic E-state index is 0.251. The van der Waals surface area contributed by atoms with Gasteiger partial charge in [0.05, 0.1) is 23.4 Å². The van der Waals surface area contributed by atoms with Gasteiger partial charge < -0.3 is 10.1 Å². The molecule has 2 aromatic rings. The molecular weight excluding hydrogens is 304 g/mol. The first-order chi connectivity index (χ1) is 10.6. The molecule has 2 heterocycles. The number of nitrogens with zero attached hydrogens (tertiary/aromatic N) is 1. The van der Waals surface area contributed by atoms with Crippen LogP contribution in [0.1, 0.15) is 15.9 Å². The molecule has 0 unspecified atom stereocenters. The summed E-state index contributed by atoms with van der Waals surface area (Å²) in [7, 11) is 1.49. The number of halogens is 1. The van der Waals surface area contributed by atoms with E-state index in [0.717, 1.165) is 0 Å². The zero-order valence-electron chi connectivity index (χ0n) is 11.6. The molecule has 0 fully saturated rings. The number of amides is 1. The van der Waals surface area contributed by atoms with E-state index in [1.165, 1.54) is 19.4 Å². The minimum Gasteiger partial charge on any atom is -0.481 e. The third-order valence-corrected chi connectivity index (χ3v) is 3.60. The molecule has 5 nitrogen and oxygen atoms in total. The Kier molecular flexibility index (Phi) is 3.65. The molecule has 0 bridgehead atoms. The summed E-state index contributed by atoms with van der Waals surface area (Å²) in [6.07, 6.45) is 2.68. The second-order valence-electron chi connectivity index (χ2n) is 4.63. The number of fused-ring (bicyclic) bond motifs is 1. The lowest BCUT2D eigenvalue weighted by molar-refractivity contribution is -0.110. The Balaban J connectivity index is 1.98. The number of rotatable bonds is 3. The van der Waals surface area contributed by atoms with Crippen LogP contribution in [0.2, 0.25) is 5.02 Å². The van der Waals surface area contributed by atoms with E-state index in [9.17, 15) is 9.59 Å². The molecule has 1 N–H and O–H groups in total. The number of carbonyl (C=O) groups is 2. The second-order valence-corrected chi connectivity index (χ2v) is 5.04. The molecule has 0 saturated heterocycles. The van der Waals surface area contributed by atoms with Crippen molar-refractivity contribution >= 4 is 34.6 Å². The van der Waals surface area contributed by atoms with E-state index in [1.807, 2.05) is 0 Å². The number of methoxy groups -OCH3 is 1. The van der Waals surface area contributed by atoms with Crippen molar-refractivity contribution in [2.45, 2.75) is 0 Å². The highest BCUT2D eigenvalue weighted by Crippen LogP contribution is 2.37. The highest BCUT2D eigenvalue weighted by molar-refractivity contribution is 6.41. The molecule has 1 aromatic carbocycles. The number of anilines is 1. The molecule has 1 aromatic heterocycles. The Hall–Kier alpha value is -2.66. The maximum Gasteiger partial charge on any atom is 0.256 e. The van der Waals surface area contributed by atoms with E-state index in [4.69, 9.17) is 16.3 Å². The molecular formula is C16H11ClN2O3. The summed E-state index contributed by atoms with van der Waals surface area (Å²) < 4.78 is 4.94. The van der Waals surface area contributed by atoms with Crippen molar-refractivity contribution in [3.05, 3.63) is 58.8 Å². The van der Waals surface area contributed by atoms with Crippen LogP contribution < -0.4 is 10.1 Å². The van der Waals surface area contributed by atoms with Gasteiger partial charge in [0.2, 0.25) is 5.88 Å². The molecule has 3 rings (SSSR count). The van der Waals surface area contributed by atoms with E-state index < -0.39 is 0 Å². The Labute approximate surface area is 131 Å². The summed E-state index contributed by atoms with van der Waals surface area (Å²) in [5.41, 5.74) is 1.76. The summed E-state index contributed by atoms with van der Waals surface area (Å²) >= 11 is 6.13. The summed E-state index contributed by atoms with van der Waals surface area (Å²) in [5.74, 6) is -0.262. The van der Waals surface area contributed by atoms with Gasteiger partial charge in [0.1, 0.15) is 0 Å². The smallest absolute Gasteiger partial charge is 0.256 e. The van der Waals surface area contributed by atoms with Crippen molar-refractivity contribution in [3.8, 4) is 5.88 Å². The lowest BCUT2D eigenvalue weighted by Gasteiger charge is -2.02. The van der Waals surface area contributed by atoms with Gasteiger partial charge >= 0.3 is 0 Å². The van der Waals surface area contributed by atoms with Gasteiger partial charge in [-0.1, -0.05) is 17.7 Å². The normalized spacial score (nSPS) is 14.6. The van der Waals surface area contributed by atoms with E-state index in [2.05, 4.69) is 10.3 Å². The van der Waals surface area contributed by atoms with Crippen LogP contribution in [0, 0.1) is 0 Å². The number of benzene rings is 1. The van der Waals surface area contributed by atoms with Crippen LogP contribution in [0.25, 0.3) is 5.57 Å². The molecule has 1 aliphatic heterocycles. The number of ketones is 1. The second kappa shape index (κ2) is 5.61. The highest BCUT2D eigenvalue weighted by atomic mass is 35.5. The molecule has 1 amide bonds. The fourth-order valence-electron chi connectivity index (χ4n) is 2.20. The number of hydrogen-bond donors (Lipinski definition) is 1. The van der Waals surface area contributed by atoms with Crippen molar-refractivity contribution in [1.29, 1.82) is 0 Å². The van der Waals surface area contributed by atoms with Crippen molar-refractivity contribution in [3.63, 3.8) is 0 Å². The van der Waals surface area contributed by atoms with Gasteiger partial charge in [0.15, 0.2) is 5.78 Å². The maximum atomic E-state index is 12.3. The van der Waals surface area contributed by atoms with Gasteiger partial charge in [-0.2, -0.15) is 0 Å². The molecule has 0 saturated carbocycles. The van der Waals surface area contributed by atoms with Crippen molar-refractivity contribution in [2.24, 2.45) is 0 Å². The number of hydrogen-bond acceptors (Lipinski definition) is 4. The average Bonchev–Trinajstić information content (AvgIpc) is 2.84. The summed E-state index contributed by atoms with van der Waals surface area (Å²) in [4.78, 5) is 28.3. The first kappa shape index (κ1) is 14.3. The van der Waals surface area contributed by atoms with Crippen LogP contribution >= 0.6 is 11.6 Å². The predicted molar refractivity (Wildman–Crippen MR) is 83.2 cm³/mol. The van der Waals surface area contributed by atoms with Crippen LogP contribution in [0.3, 0.4) is 0 Å². The molecule has 110 valence electrons. The summed E-state index contributed by atoms with van der Waals surface area (Å²) in [6.45, 7) is 0. The molecule has 6 heteroatoms. The van der Waals surface area contributed by atoms with E-state index >= 15 is 0 Å². The van der Waals surface area contributed by atoms with Gasteiger partial charge in [0, 0.05) is 23.4 Å². The van der Waals surface area contributed by atoms with Crippen LogP contribution in [0.5, 0.6) is 5.88 Å². The van der Waals surface area contributed by atoms with E-state index in [1.54, 1.807) is 30.3 Å². The molecule has 0 aliphatic carbocycles. The minimum atomic E-state index is -0.349. The first-order valence-corrected chi connectivity index (χ1v) is 6.84. The Morgan fingerprint density at radius 1 is 1.32 bits per heavy atom. The molecule has 0 spiro atoms. The van der Waals surface area contributed by atoms with Crippen LogP contribution in [-0.2, 0) is 4.79 Å². The Morgan fingerprint density at radius 3 is 2.82 bits per heavy atom. The van der Waals surface area contributed by atoms with Crippen LogP contribution in [-0.4, -0.2) is 23.8 Å². The number of ether oxygens (including phenoxy) is 1. The zero-order valence-corrected chi connectivity index (χ0v) is 12.3. The largest absolute Gasteiger partial charge is 0.481 e. The number of nitrogens with one attached hydrogen (secondary N) is 1. The molecule has 0 radical (unpaired) electrons. The van der Waals surface area contributed by atoms with Gasteiger partial charge in [0.25, 0.3) is 5.91 Å². The SMILES string of the molecule is COc1ccc(C(=O)C=C2C(=O)Nc3cccc(Cl)c32)cn1. The third-order valence-electron chi connectivity index (χ3n) is 3.28. The zero-order chi connectivity index (χ0) is 15.7. The third kappa shape index (κ3) is 2.46. The van der Waals surface area contributed by atoms with Gasteiger partial charge in [-0.15, -0.1) is 0 Å². The Morgan fingerprint density at radius 2 is 2.14 bits per heavy atom. The average molecular weight is 315 g/mol. The van der Waals surface area contributed by atoms with Crippen LogP contribution in [0.15, 0.2) is 42.6 Å². The number of carbonyl (C=O) groups excluding carboxylic acids is 2. The number of aromatic nitrogens is 1. The fourth-order valence-corrected chi connectivity index (χ4v) is 2.48. The molecule has 1 aliphatic rings. The quantitative estimate of drug-likeness (QED) is 0.698. The Bertz CT molecular complexity index is 798. The lowest BCUT2D eigenvalue weighted by atomic mass is 10.0. The molecule has 0 atom stereocenters. The summed E-state index contributed by atoms with van der Waals surface area (Å²) in [5, 5.41) is 3.10. The van der Waals surface area contributed by atoms with Crippen molar-refractivity contribution in [2.75, 3.05) is 12.4 Å². The van der Waals surface area contributed by atoms with Gasteiger partial charge in [-0.25, -0.2) is 4.98 Å². The fraction of sp³-hybridized carbons (Fsp3) is 0.0625. The highest BCUT2D eigenvalue weighted by Gasteiger charge is 2.27. The standard InChI is InChI=1S/C16H11ClN2O3/c1-22-14-6-5-9(8-18-14)13(20)7-10-15-11(17)3-2-4-12(15)19-16(10)21/h2-8H,1H3,(H,19,21). The van der Waals surface area contributed by atoms with E-state index in [-0.39, 0.29) is 17.3 Å². The van der Waals surface area contributed by atoms with Gasteiger partial charge in [-0.3, -0.25) is 9.59 Å². The monoisotopic (exact) mass is 314 g/mol.